The first-order chi connectivity index (χ1) is 31.2. The molecule has 0 aliphatic carbocycles. The van der Waals surface area contributed by atoms with Crippen molar-refractivity contribution in [3.05, 3.63) is 194 Å². The molecule has 5 heterocycles. The van der Waals surface area contributed by atoms with E-state index in [1.165, 1.54) is 0 Å². The van der Waals surface area contributed by atoms with E-state index in [1.54, 1.807) is 0 Å². The van der Waals surface area contributed by atoms with Gasteiger partial charge in [-0.25, -0.2) is 24.9 Å². The van der Waals surface area contributed by atoms with Crippen LogP contribution < -0.4 is 0 Å². The number of hydrogen-bond donors (Lipinski definition) is 0. The predicted molar refractivity (Wildman–Crippen MR) is 251 cm³/mol. The molecule has 0 saturated carbocycles. The van der Waals surface area contributed by atoms with Gasteiger partial charge in [-0.2, -0.15) is 0 Å². The monoisotopic (exact) mass is 808 g/mol. The minimum atomic E-state index is 0.539. The molecule has 8 heteroatoms. The standard InChI is InChI=1S/C55H32N6O2/c1-4-16-33(17-5-1)48-51-49(38-23-11-13-28-45(38)62-51)57-55(56-48)41-26-14-24-39-47-40(25-15-29-46(47)63-50(39)41)54-59-52(34-18-6-2-7-19-34)58-53(60-54)35-30-31-44-42(32-35)37-22-10-12-27-43(37)61(44)36-20-8-3-9-21-36/h1-32H. The van der Waals surface area contributed by atoms with Crippen LogP contribution in [0, 0.1) is 0 Å². The highest BCUT2D eigenvalue weighted by Gasteiger charge is 2.23. The molecule has 0 unspecified atom stereocenters. The van der Waals surface area contributed by atoms with Crippen LogP contribution in [0.3, 0.4) is 0 Å². The summed E-state index contributed by atoms with van der Waals surface area (Å²) in [7, 11) is 0. The van der Waals surface area contributed by atoms with Gasteiger partial charge in [0.2, 0.25) is 0 Å². The van der Waals surface area contributed by atoms with Gasteiger partial charge in [0.25, 0.3) is 0 Å². The summed E-state index contributed by atoms with van der Waals surface area (Å²) in [5, 5.41) is 4.99. The van der Waals surface area contributed by atoms with E-state index < -0.39 is 0 Å². The molecule has 0 atom stereocenters. The SMILES string of the molecule is c1ccc(-c2nc(-c3ccc4c(c3)c3ccccc3n4-c3ccccc3)nc(-c3cccc4oc5c(-c6nc(-c7ccccc7)c7oc8ccccc8c7n6)cccc5c34)n2)cc1. The van der Waals surface area contributed by atoms with E-state index in [9.17, 15) is 0 Å². The summed E-state index contributed by atoms with van der Waals surface area (Å²) in [6, 6.07) is 65.8. The third kappa shape index (κ3) is 5.58. The first kappa shape index (κ1) is 35.0. The highest BCUT2D eigenvalue weighted by molar-refractivity contribution is 6.15. The molecule has 0 bridgehead atoms. The second-order valence-corrected chi connectivity index (χ2v) is 15.6. The van der Waals surface area contributed by atoms with Crippen LogP contribution in [0.15, 0.2) is 203 Å². The average Bonchev–Trinajstić information content (AvgIpc) is 4.04. The Morgan fingerprint density at radius 2 is 0.937 bits per heavy atom. The van der Waals surface area contributed by atoms with E-state index in [4.69, 9.17) is 33.8 Å². The number of fused-ring (bicyclic) bond motifs is 9. The van der Waals surface area contributed by atoms with Crippen molar-refractivity contribution in [2.24, 2.45) is 0 Å². The lowest BCUT2D eigenvalue weighted by Gasteiger charge is -2.10. The van der Waals surface area contributed by atoms with Crippen molar-refractivity contribution in [1.29, 1.82) is 0 Å². The Morgan fingerprint density at radius 1 is 0.349 bits per heavy atom. The molecule has 13 rings (SSSR count). The van der Waals surface area contributed by atoms with Gasteiger partial charge in [-0.15, -0.1) is 0 Å². The molecule has 13 aromatic rings. The summed E-state index contributed by atoms with van der Waals surface area (Å²) in [5.74, 6) is 2.23. The average molecular weight is 809 g/mol. The fourth-order valence-electron chi connectivity index (χ4n) is 9.02. The molecule has 0 N–H and O–H groups in total. The molecule has 0 saturated heterocycles. The van der Waals surface area contributed by atoms with Gasteiger partial charge in [0, 0.05) is 54.9 Å². The van der Waals surface area contributed by atoms with Crippen molar-refractivity contribution in [3.63, 3.8) is 0 Å². The third-order valence-electron chi connectivity index (χ3n) is 11.9. The summed E-state index contributed by atoms with van der Waals surface area (Å²) in [5.41, 5.74) is 11.9. The maximum absolute atomic E-state index is 6.81. The Morgan fingerprint density at radius 3 is 1.76 bits per heavy atom. The fourth-order valence-corrected chi connectivity index (χ4v) is 9.02. The van der Waals surface area contributed by atoms with Crippen LogP contribution in [0.25, 0.3) is 128 Å². The summed E-state index contributed by atoms with van der Waals surface area (Å²) < 4.78 is 15.5. The third-order valence-corrected chi connectivity index (χ3v) is 11.9. The highest BCUT2D eigenvalue weighted by atomic mass is 16.3. The quantitative estimate of drug-likeness (QED) is 0.165. The van der Waals surface area contributed by atoms with Gasteiger partial charge < -0.3 is 13.4 Å². The molecule has 0 radical (unpaired) electrons. The maximum atomic E-state index is 6.81. The number of rotatable bonds is 6. The van der Waals surface area contributed by atoms with Gasteiger partial charge in [-0.1, -0.05) is 133 Å². The molecule has 0 aliphatic rings. The topological polar surface area (TPSA) is 95.7 Å². The van der Waals surface area contributed by atoms with Crippen molar-refractivity contribution in [2.45, 2.75) is 0 Å². The second-order valence-electron chi connectivity index (χ2n) is 15.6. The molecular formula is C55H32N6O2. The first-order valence-electron chi connectivity index (χ1n) is 20.8. The Hall–Kier alpha value is -8.75. The minimum absolute atomic E-state index is 0.539. The van der Waals surface area contributed by atoms with Crippen LogP contribution in [0.4, 0.5) is 0 Å². The first-order valence-corrected chi connectivity index (χ1v) is 20.8. The van der Waals surface area contributed by atoms with Crippen LogP contribution in [0.5, 0.6) is 0 Å². The number of nitrogens with zero attached hydrogens (tertiary/aromatic N) is 6. The summed E-state index contributed by atoms with van der Waals surface area (Å²) in [4.78, 5) is 25.9. The number of benzene rings is 8. The van der Waals surface area contributed by atoms with E-state index in [-0.39, 0.29) is 0 Å². The second kappa shape index (κ2) is 13.9. The van der Waals surface area contributed by atoms with Crippen LogP contribution >= 0.6 is 0 Å². The van der Waals surface area contributed by atoms with E-state index in [2.05, 4.69) is 83.4 Å². The van der Waals surface area contributed by atoms with Crippen LogP contribution in [0.2, 0.25) is 0 Å². The lowest BCUT2D eigenvalue weighted by atomic mass is 10.0. The normalized spacial score (nSPS) is 11.8. The molecule has 0 fully saturated rings. The predicted octanol–water partition coefficient (Wildman–Crippen LogP) is 13.9. The fraction of sp³-hybridized carbons (Fsp3) is 0. The molecular weight excluding hydrogens is 777 g/mol. The maximum Gasteiger partial charge on any atom is 0.180 e. The van der Waals surface area contributed by atoms with Crippen molar-refractivity contribution < 1.29 is 8.83 Å². The Labute approximate surface area is 359 Å². The zero-order chi connectivity index (χ0) is 41.4. The van der Waals surface area contributed by atoms with Gasteiger partial charge in [-0.3, -0.25) is 0 Å². The van der Waals surface area contributed by atoms with Crippen molar-refractivity contribution in [2.75, 3.05) is 0 Å². The minimum Gasteiger partial charge on any atom is -0.455 e. The summed E-state index contributed by atoms with van der Waals surface area (Å²) >= 11 is 0. The Balaban J connectivity index is 1.01. The molecule has 8 nitrogen and oxygen atoms in total. The van der Waals surface area contributed by atoms with E-state index in [1.807, 2.05) is 115 Å². The zero-order valence-electron chi connectivity index (χ0n) is 33.5. The molecule has 294 valence electrons. The van der Waals surface area contributed by atoms with Gasteiger partial charge in [0.1, 0.15) is 28.0 Å². The van der Waals surface area contributed by atoms with E-state index in [0.717, 1.165) is 88.3 Å². The molecule has 0 spiro atoms. The molecule has 63 heavy (non-hydrogen) atoms. The Kier molecular flexibility index (Phi) is 7.74. The van der Waals surface area contributed by atoms with Gasteiger partial charge in [-0.05, 0) is 60.7 Å². The molecule has 5 aromatic heterocycles. The Bertz CT molecular complexity index is 3910. The molecule has 8 aromatic carbocycles. The summed E-state index contributed by atoms with van der Waals surface area (Å²) in [6.45, 7) is 0. The largest absolute Gasteiger partial charge is 0.455 e. The molecule has 0 aliphatic heterocycles. The van der Waals surface area contributed by atoms with Crippen molar-refractivity contribution in [1.82, 2.24) is 29.5 Å². The van der Waals surface area contributed by atoms with Crippen molar-refractivity contribution >= 4 is 65.8 Å². The van der Waals surface area contributed by atoms with Gasteiger partial charge in [0.15, 0.2) is 28.9 Å². The lowest BCUT2D eigenvalue weighted by Crippen LogP contribution is -2.00. The van der Waals surface area contributed by atoms with Crippen LogP contribution in [-0.4, -0.2) is 29.5 Å². The smallest absolute Gasteiger partial charge is 0.180 e. The number of para-hydroxylation sites is 4. The number of furan rings is 2. The lowest BCUT2D eigenvalue weighted by molar-refractivity contribution is 0.666. The van der Waals surface area contributed by atoms with Gasteiger partial charge >= 0.3 is 0 Å². The highest BCUT2D eigenvalue weighted by Crippen LogP contribution is 2.42. The van der Waals surface area contributed by atoms with Crippen LogP contribution in [0.1, 0.15) is 0 Å². The van der Waals surface area contributed by atoms with Gasteiger partial charge in [0.05, 0.1) is 16.6 Å². The molecule has 0 amide bonds. The van der Waals surface area contributed by atoms with E-state index in [0.29, 0.717) is 40.0 Å². The van der Waals surface area contributed by atoms with E-state index >= 15 is 0 Å². The number of hydrogen-bond acceptors (Lipinski definition) is 7. The van der Waals surface area contributed by atoms with Crippen LogP contribution in [-0.2, 0) is 0 Å². The van der Waals surface area contributed by atoms with Crippen molar-refractivity contribution in [3.8, 4) is 62.5 Å². The summed E-state index contributed by atoms with van der Waals surface area (Å²) in [6.07, 6.45) is 0. The number of aromatic nitrogens is 6. The zero-order valence-corrected chi connectivity index (χ0v) is 33.5.